The van der Waals surface area contributed by atoms with Crippen molar-refractivity contribution in [3.05, 3.63) is 35.1 Å². The molecule has 0 spiro atoms. The van der Waals surface area contributed by atoms with Crippen molar-refractivity contribution in [3.8, 4) is 0 Å². The number of methoxy groups -OCH3 is 1. The summed E-state index contributed by atoms with van der Waals surface area (Å²) in [5, 5.41) is 10.1. The van der Waals surface area contributed by atoms with E-state index in [0.717, 1.165) is 0 Å². The number of hydrogen-bond donors (Lipinski definition) is 1. The third-order valence-electron chi connectivity index (χ3n) is 8.08. The van der Waals surface area contributed by atoms with Gasteiger partial charge in [-0.3, -0.25) is 9.59 Å². The minimum absolute atomic E-state index is 0.00852. The molecular formula is C29H49FO7SSi. The van der Waals surface area contributed by atoms with Gasteiger partial charge in [0, 0.05) is 12.2 Å². The molecule has 2 atom stereocenters. The van der Waals surface area contributed by atoms with Crippen molar-refractivity contribution in [1.82, 2.24) is 0 Å². The van der Waals surface area contributed by atoms with Gasteiger partial charge in [0.1, 0.15) is 5.82 Å². The lowest BCUT2D eigenvalue weighted by molar-refractivity contribution is -0.145. The molecule has 1 aromatic carbocycles. The first-order valence-electron chi connectivity index (χ1n) is 13.5. The van der Waals surface area contributed by atoms with Crippen LogP contribution in [0.25, 0.3) is 0 Å². The van der Waals surface area contributed by atoms with Gasteiger partial charge in [0.25, 0.3) is 0 Å². The van der Waals surface area contributed by atoms with E-state index >= 15 is 4.39 Å². The highest BCUT2D eigenvalue weighted by Crippen LogP contribution is 2.37. The van der Waals surface area contributed by atoms with Gasteiger partial charge in [0.15, 0.2) is 18.2 Å². The summed E-state index contributed by atoms with van der Waals surface area (Å²) >= 11 is 0. The Morgan fingerprint density at radius 1 is 1.08 bits per heavy atom. The summed E-state index contributed by atoms with van der Waals surface area (Å²) in [5.74, 6) is -2.94. The summed E-state index contributed by atoms with van der Waals surface area (Å²) in [5.41, 5.74) is -1.80. The van der Waals surface area contributed by atoms with Crippen LogP contribution in [0.5, 0.6) is 0 Å². The lowest BCUT2D eigenvalue weighted by Gasteiger charge is -2.36. The summed E-state index contributed by atoms with van der Waals surface area (Å²) in [6.45, 7) is 17.5. The number of carbonyl (C=O) groups excluding carboxylic acids is 1. The number of rotatable bonds is 15. The largest absolute Gasteiger partial charge is 0.481 e. The number of halogens is 1. The Morgan fingerprint density at radius 2 is 1.67 bits per heavy atom. The Hall–Kier alpha value is -1.78. The molecule has 0 aliphatic carbocycles. The molecule has 0 fully saturated rings. The van der Waals surface area contributed by atoms with Gasteiger partial charge in [0.05, 0.1) is 29.9 Å². The molecule has 0 amide bonds. The first kappa shape index (κ1) is 35.2. The molecule has 0 bridgehead atoms. The second-order valence-electron chi connectivity index (χ2n) is 13.3. The van der Waals surface area contributed by atoms with E-state index in [9.17, 15) is 23.1 Å². The van der Waals surface area contributed by atoms with Crippen molar-refractivity contribution in [2.24, 2.45) is 11.3 Å². The van der Waals surface area contributed by atoms with Crippen LogP contribution in [0.2, 0.25) is 18.1 Å². The average molecular weight is 589 g/mol. The third-order valence-corrected chi connectivity index (χ3v) is 14.6. The van der Waals surface area contributed by atoms with Crippen LogP contribution in [0.15, 0.2) is 18.2 Å². The predicted octanol–water partition coefficient (Wildman–Crippen LogP) is 6.15. The van der Waals surface area contributed by atoms with Crippen molar-refractivity contribution >= 4 is 30.1 Å². The molecule has 10 heteroatoms. The standard InChI is InChI=1S/C29H49FO7SSi/c1-21(25(31)36-8)19-22-13-11-14-23(24(22)30)29(7,26(32)33)16-12-15-28(5,6)20-38(34,35)18-17-37-39(9,10)27(2,3)4/h11,13-14,21H,12,15-20H2,1-10H3,(H,32,33)/t21-,29+/m0/s1. The van der Waals surface area contributed by atoms with E-state index in [4.69, 9.17) is 9.16 Å². The minimum atomic E-state index is -3.39. The average Bonchev–Trinajstić information content (AvgIpc) is 2.77. The highest BCUT2D eigenvalue weighted by molar-refractivity contribution is 7.91. The fraction of sp³-hybridized carbons (Fsp3) is 0.724. The molecule has 0 aliphatic rings. The van der Waals surface area contributed by atoms with Crippen molar-refractivity contribution < 1.29 is 36.7 Å². The highest BCUT2D eigenvalue weighted by Gasteiger charge is 2.39. The van der Waals surface area contributed by atoms with Crippen LogP contribution < -0.4 is 0 Å². The fourth-order valence-electron chi connectivity index (χ4n) is 4.44. The zero-order chi connectivity index (χ0) is 30.4. The maximum Gasteiger partial charge on any atom is 0.313 e. The molecule has 0 saturated carbocycles. The van der Waals surface area contributed by atoms with E-state index in [1.54, 1.807) is 19.1 Å². The van der Waals surface area contributed by atoms with Crippen molar-refractivity contribution in [1.29, 1.82) is 0 Å². The zero-order valence-corrected chi connectivity index (χ0v) is 27.3. The van der Waals surface area contributed by atoms with Gasteiger partial charge in [-0.1, -0.05) is 66.2 Å². The second-order valence-corrected chi connectivity index (χ2v) is 20.3. The molecule has 1 N–H and O–H groups in total. The van der Waals surface area contributed by atoms with Crippen LogP contribution in [0.3, 0.4) is 0 Å². The van der Waals surface area contributed by atoms with E-state index in [0.29, 0.717) is 12.8 Å². The Bertz CT molecular complexity index is 1110. The number of benzene rings is 1. The van der Waals surface area contributed by atoms with Gasteiger partial charge in [-0.15, -0.1) is 0 Å². The summed E-state index contributed by atoms with van der Waals surface area (Å²) in [6.07, 6.45) is 1.08. The first-order valence-corrected chi connectivity index (χ1v) is 18.2. The maximum absolute atomic E-state index is 15.5. The van der Waals surface area contributed by atoms with E-state index in [2.05, 4.69) is 33.9 Å². The maximum atomic E-state index is 15.5. The van der Waals surface area contributed by atoms with Crippen LogP contribution in [-0.2, 0) is 40.4 Å². The summed E-state index contributed by atoms with van der Waals surface area (Å²) in [7, 11) is -4.17. The number of aliphatic carboxylic acids is 1. The van der Waals surface area contributed by atoms with Gasteiger partial charge in [-0.05, 0) is 55.3 Å². The molecule has 39 heavy (non-hydrogen) atoms. The molecule has 0 heterocycles. The van der Waals surface area contributed by atoms with E-state index in [1.807, 2.05) is 13.8 Å². The number of hydrogen-bond acceptors (Lipinski definition) is 6. The van der Waals surface area contributed by atoms with Crippen LogP contribution in [0, 0.1) is 17.2 Å². The Morgan fingerprint density at radius 3 is 2.18 bits per heavy atom. The summed E-state index contributed by atoms with van der Waals surface area (Å²) < 4.78 is 52.0. The summed E-state index contributed by atoms with van der Waals surface area (Å²) in [6, 6.07) is 4.61. The van der Waals surface area contributed by atoms with Crippen LogP contribution >= 0.6 is 0 Å². The van der Waals surface area contributed by atoms with Crippen molar-refractivity contribution in [3.63, 3.8) is 0 Å². The molecule has 7 nitrogen and oxygen atoms in total. The molecule has 1 aromatic rings. The van der Waals surface area contributed by atoms with E-state index in [-0.39, 0.29) is 47.1 Å². The van der Waals surface area contributed by atoms with E-state index in [1.165, 1.54) is 20.1 Å². The van der Waals surface area contributed by atoms with Crippen LogP contribution in [0.1, 0.15) is 78.9 Å². The SMILES string of the molecule is COC(=O)[C@@H](C)Cc1cccc([C@@](C)(CCCC(C)(C)CS(=O)(=O)CCO[Si](C)(C)C(C)(C)C)C(=O)O)c1F. The zero-order valence-electron chi connectivity index (χ0n) is 25.4. The molecule has 0 aliphatic heterocycles. The minimum Gasteiger partial charge on any atom is -0.481 e. The number of carboxylic acids is 1. The molecular weight excluding hydrogens is 539 g/mol. The number of esters is 1. The second kappa shape index (κ2) is 13.3. The van der Waals surface area contributed by atoms with Crippen molar-refractivity contribution in [2.45, 2.75) is 97.7 Å². The van der Waals surface area contributed by atoms with Gasteiger partial charge in [0.2, 0.25) is 0 Å². The monoisotopic (exact) mass is 588 g/mol. The first-order chi connectivity index (χ1) is 17.6. The smallest absolute Gasteiger partial charge is 0.313 e. The third kappa shape index (κ3) is 9.97. The highest BCUT2D eigenvalue weighted by atomic mass is 32.2. The number of carboxylic acid groups (broad SMARTS) is 1. The molecule has 0 aromatic heterocycles. The molecule has 1 rings (SSSR count). The Balaban J connectivity index is 2.93. The van der Waals surface area contributed by atoms with E-state index < -0.39 is 52.7 Å². The van der Waals surface area contributed by atoms with Gasteiger partial charge < -0.3 is 14.3 Å². The van der Waals surface area contributed by atoms with Crippen LogP contribution in [0.4, 0.5) is 4.39 Å². The molecule has 0 unspecified atom stereocenters. The summed E-state index contributed by atoms with van der Waals surface area (Å²) in [4.78, 5) is 24.2. The molecule has 0 saturated heterocycles. The van der Waals surface area contributed by atoms with Gasteiger partial charge >= 0.3 is 11.9 Å². The molecule has 224 valence electrons. The number of carbonyl (C=O) groups is 2. The normalized spacial score (nSPS) is 15.5. The Kier molecular flexibility index (Phi) is 12.0. The topological polar surface area (TPSA) is 107 Å². The molecule has 0 radical (unpaired) electrons. The Labute approximate surface area is 235 Å². The lowest BCUT2D eigenvalue weighted by atomic mass is 9.75. The van der Waals surface area contributed by atoms with Gasteiger partial charge in [-0.25, -0.2) is 12.8 Å². The fourth-order valence-corrected chi connectivity index (χ4v) is 7.45. The lowest BCUT2D eigenvalue weighted by Crippen LogP contribution is -2.42. The number of ether oxygens (including phenoxy) is 1. The van der Waals surface area contributed by atoms with Crippen molar-refractivity contribution in [2.75, 3.05) is 25.2 Å². The quantitative estimate of drug-likeness (QED) is 0.193. The van der Waals surface area contributed by atoms with Gasteiger partial charge in [-0.2, -0.15) is 0 Å². The van der Waals surface area contributed by atoms with Crippen LogP contribution in [-0.4, -0.2) is 59.0 Å². The predicted molar refractivity (Wildman–Crippen MR) is 156 cm³/mol. The number of sulfone groups is 1.